The molecule has 3 rings (SSSR count). The average molecular weight is 286 g/mol. The molecule has 5 heteroatoms. The molecule has 3 aromatic rings. The number of pyridine rings is 1. The third-order valence-corrected chi connectivity index (χ3v) is 4.06. The van der Waals surface area contributed by atoms with Gasteiger partial charge in [-0.1, -0.05) is 23.7 Å². The summed E-state index contributed by atoms with van der Waals surface area (Å²) in [6, 6.07) is 13.6. The Morgan fingerprint density at radius 1 is 1.21 bits per heavy atom. The molecule has 0 saturated carbocycles. The summed E-state index contributed by atoms with van der Waals surface area (Å²) in [5, 5.41) is 10.7. The number of thiazole rings is 1. The molecule has 2 aromatic heterocycles. The van der Waals surface area contributed by atoms with Crippen LogP contribution < -0.4 is 0 Å². The van der Waals surface area contributed by atoms with Gasteiger partial charge in [-0.15, -0.1) is 11.3 Å². The van der Waals surface area contributed by atoms with Gasteiger partial charge >= 0.3 is 0 Å². The number of halogens is 1. The fourth-order valence-electron chi connectivity index (χ4n) is 1.82. The Labute approximate surface area is 119 Å². The maximum absolute atomic E-state index is 9.37. The topological polar surface area (TPSA) is 49.6 Å². The standard InChI is InChI=1S/C14H8ClN3S/c15-9-5-6-11(17-8-9)10(7-16)14-18-12-3-1-2-4-13(12)19-14/h1-6,8,10H. The Bertz CT molecular complexity index is 725. The van der Waals surface area contributed by atoms with Gasteiger partial charge in [-0.05, 0) is 24.3 Å². The highest BCUT2D eigenvalue weighted by molar-refractivity contribution is 7.18. The molecule has 3 nitrogen and oxygen atoms in total. The molecule has 0 spiro atoms. The van der Waals surface area contributed by atoms with E-state index in [9.17, 15) is 5.26 Å². The van der Waals surface area contributed by atoms with Gasteiger partial charge in [0.1, 0.15) is 10.9 Å². The molecule has 0 bridgehead atoms. The van der Waals surface area contributed by atoms with E-state index in [1.54, 1.807) is 18.3 Å². The summed E-state index contributed by atoms with van der Waals surface area (Å²) < 4.78 is 1.08. The van der Waals surface area contributed by atoms with E-state index < -0.39 is 5.92 Å². The Hall–Kier alpha value is -1.96. The fraction of sp³-hybridized carbons (Fsp3) is 0.0714. The zero-order chi connectivity index (χ0) is 13.2. The summed E-state index contributed by atoms with van der Waals surface area (Å²) in [5.74, 6) is -0.449. The van der Waals surface area contributed by atoms with Crippen LogP contribution in [0, 0.1) is 11.3 Å². The van der Waals surface area contributed by atoms with Crippen LogP contribution in [0.4, 0.5) is 0 Å². The second kappa shape index (κ2) is 4.96. The molecule has 0 saturated heterocycles. The zero-order valence-electron chi connectivity index (χ0n) is 9.75. The molecule has 0 aliphatic heterocycles. The van der Waals surface area contributed by atoms with E-state index in [0.29, 0.717) is 10.7 Å². The average Bonchev–Trinajstić information content (AvgIpc) is 2.85. The van der Waals surface area contributed by atoms with Crippen LogP contribution in [-0.4, -0.2) is 9.97 Å². The molecule has 2 heterocycles. The number of hydrogen-bond donors (Lipinski definition) is 0. The van der Waals surface area contributed by atoms with Crippen LogP contribution >= 0.6 is 22.9 Å². The molecular formula is C14H8ClN3S. The summed E-state index contributed by atoms with van der Waals surface area (Å²) in [4.78, 5) is 8.71. The van der Waals surface area contributed by atoms with Crippen LogP contribution in [0.3, 0.4) is 0 Å². The van der Waals surface area contributed by atoms with Crippen molar-refractivity contribution in [3.63, 3.8) is 0 Å². The van der Waals surface area contributed by atoms with Gasteiger partial charge < -0.3 is 0 Å². The van der Waals surface area contributed by atoms with Crippen molar-refractivity contribution in [2.24, 2.45) is 0 Å². The largest absolute Gasteiger partial charge is 0.258 e. The van der Waals surface area contributed by atoms with Crippen LogP contribution in [-0.2, 0) is 0 Å². The SMILES string of the molecule is N#CC(c1ccc(Cl)cn1)c1nc2ccccc2s1. The first-order valence-electron chi connectivity index (χ1n) is 5.64. The molecule has 0 radical (unpaired) electrons. The molecule has 0 aliphatic rings. The van der Waals surface area contributed by atoms with Crippen molar-refractivity contribution in [2.75, 3.05) is 0 Å². The van der Waals surface area contributed by atoms with Crippen molar-refractivity contribution >= 4 is 33.2 Å². The molecule has 19 heavy (non-hydrogen) atoms. The molecule has 92 valence electrons. The van der Waals surface area contributed by atoms with Crippen molar-refractivity contribution in [3.8, 4) is 6.07 Å². The van der Waals surface area contributed by atoms with E-state index in [1.807, 2.05) is 24.3 Å². The van der Waals surface area contributed by atoms with Crippen LogP contribution in [0.2, 0.25) is 5.02 Å². The lowest BCUT2D eigenvalue weighted by molar-refractivity contribution is 0.954. The third-order valence-electron chi connectivity index (χ3n) is 2.73. The van der Waals surface area contributed by atoms with Gasteiger partial charge in [0.05, 0.1) is 27.0 Å². The van der Waals surface area contributed by atoms with E-state index in [4.69, 9.17) is 11.6 Å². The lowest BCUT2D eigenvalue weighted by Crippen LogP contribution is -1.99. The molecule has 1 aromatic carbocycles. The summed E-state index contributed by atoms with van der Waals surface area (Å²) in [7, 11) is 0. The quantitative estimate of drug-likeness (QED) is 0.715. The highest BCUT2D eigenvalue weighted by Crippen LogP contribution is 2.30. The van der Waals surface area contributed by atoms with Gasteiger partial charge in [0.15, 0.2) is 0 Å². The van der Waals surface area contributed by atoms with Crippen LogP contribution in [0.25, 0.3) is 10.2 Å². The number of benzene rings is 1. The second-order valence-corrected chi connectivity index (χ2v) is 5.48. The van der Waals surface area contributed by atoms with Gasteiger partial charge in [-0.2, -0.15) is 5.26 Å². The first-order valence-corrected chi connectivity index (χ1v) is 6.84. The first kappa shape index (κ1) is 12.1. The number of rotatable bonds is 2. The summed E-state index contributed by atoms with van der Waals surface area (Å²) in [6.07, 6.45) is 1.55. The highest BCUT2D eigenvalue weighted by atomic mass is 35.5. The predicted octanol–water partition coefficient (Wildman–Crippen LogP) is 4.00. The minimum atomic E-state index is -0.449. The second-order valence-electron chi connectivity index (χ2n) is 3.98. The van der Waals surface area contributed by atoms with Crippen molar-refractivity contribution in [1.29, 1.82) is 5.26 Å². The normalized spacial score (nSPS) is 12.2. The minimum Gasteiger partial charge on any atom is -0.258 e. The van der Waals surface area contributed by atoms with E-state index in [0.717, 1.165) is 15.2 Å². The number of nitrogens with zero attached hydrogens (tertiary/aromatic N) is 3. The van der Waals surface area contributed by atoms with Gasteiger partial charge in [0, 0.05) is 6.20 Å². The number of nitriles is 1. The van der Waals surface area contributed by atoms with Gasteiger partial charge in [0.25, 0.3) is 0 Å². The van der Waals surface area contributed by atoms with Crippen LogP contribution in [0.5, 0.6) is 0 Å². The molecule has 0 amide bonds. The van der Waals surface area contributed by atoms with E-state index in [-0.39, 0.29) is 0 Å². The van der Waals surface area contributed by atoms with Crippen molar-refractivity contribution in [1.82, 2.24) is 9.97 Å². The maximum Gasteiger partial charge on any atom is 0.140 e. The molecule has 0 N–H and O–H groups in total. The third kappa shape index (κ3) is 2.30. The summed E-state index contributed by atoms with van der Waals surface area (Å²) >= 11 is 7.33. The van der Waals surface area contributed by atoms with Crippen LogP contribution in [0.1, 0.15) is 16.6 Å². The molecule has 0 aliphatic carbocycles. The molecular weight excluding hydrogens is 278 g/mol. The monoisotopic (exact) mass is 285 g/mol. The Morgan fingerprint density at radius 3 is 2.74 bits per heavy atom. The molecule has 1 atom stereocenters. The number of para-hydroxylation sites is 1. The predicted molar refractivity (Wildman–Crippen MR) is 76.3 cm³/mol. The summed E-state index contributed by atoms with van der Waals surface area (Å²) in [5.41, 5.74) is 1.59. The Kier molecular flexibility index (Phi) is 3.16. The van der Waals surface area contributed by atoms with E-state index in [2.05, 4.69) is 16.0 Å². The molecule has 1 unspecified atom stereocenters. The number of aromatic nitrogens is 2. The Balaban J connectivity index is 2.07. The first-order chi connectivity index (χ1) is 9.28. The fourth-order valence-corrected chi connectivity index (χ4v) is 2.96. The van der Waals surface area contributed by atoms with Gasteiger partial charge in [-0.25, -0.2) is 4.98 Å². The van der Waals surface area contributed by atoms with Gasteiger partial charge in [-0.3, -0.25) is 4.98 Å². The molecule has 0 fully saturated rings. The zero-order valence-corrected chi connectivity index (χ0v) is 11.3. The smallest absolute Gasteiger partial charge is 0.140 e. The van der Waals surface area contributed by atoms with Crippen LogP contribution in [0.15, 0.2) is 42.6 Å². The van der Waals surface area contributed by atoms with E-state index in [1.165, 1.54) is 11.3 Å². The van der Waals surface area contributed by atoms with E-state index >= 15 is 0 Å². The van der Waals surface area contributed by atoms with Crippen molar-refractivity contribution in [2.45, 2.75) is 5.92 Å². The number of hydrogen-bond acceptors (Lipinski definition) is 4. The lowest BCUT2D eigenvalue weighted by Gasteiger charge is -2.04. The number of fused-ring (bicyclic) bond motifs is 1. The Morgan fingerprint density at radius 2 is 2.05 bits per heavy atom. The van der Waals surface area contributed by atoms with Crippen molar-refractivity contribution < 1.29 is 0 Å². The highest BCUT2D eigenvalue weighted by Gasteiger charge is 2.19. The lowest BCUT2D eigenvalue weighted by atomic mass is 10.1. The minimum absolute atomic E-state index is 0.449. The maximum atomic E-state index is 9.37. The van der Waals surface area contributed by atoms with Gasteiger partial charge in [0.2, 0.25) is 0 Å². The summed E-state index contributed by atoms with van der Waals surface area (Å²) in [6.45, 7) is 0. The van der Waals surface area contributed by atoms with Crippen molar-refractivity contribution in [3.05, 3.63) is 58.3 Å².